The summed E-state index contributed by atoms with van der Waals surface area (Å²) in [7, 11) is 3.34. The molecule has 1 aromatic heterocycles. The number of aryl methyl sites for hydroxylation is 2. The number of ether oxygens (including phenoxy) is 1. The van der Waals surface area contributed by atoms with E-state index in [0.717, 1.165) is 22.7 Å². The van der Waals surface area contributed by atoms with Gasteiger partial charge in [0.2, 0.25) is 0 Å². The monoisotopic (exact) mass is 247 g/mol. The molecule has 94 valence electrons. The topological polar surface area (TPSA) is 77.2 Å². The lowest BCUT2D eigenvalue weighted by molar-refractivity contribution is -0.131. The summed E-state index contributed by atoms with van der Waals surface area (Å²) in [5.41, 5.74) is 3.13. The number of hydrogen-bond acceptors (Lipinski definition) is 4. The Balaban J connectivity index is 2.70. The van der Waals surface area contributed by atoms with Crippen LogP contribution in [0.3, 0.4) is 0 Å². The third-order valence-corrected chi connectivity index (χ3v) is 2.76. The third-order valence-electron chi connectivity index (χ3n) is 2.76. The molecule has 0 atom stereocenters. The van der Waals surface area contributed by atoms with Gasteiger partial charge in [0.1, 0.15) is 16.8 Å². The number of hydrogen-bond donors (Lipinski definition) is 1. The summed E-state index contributed by atoms with van der Waals surface area (Å²) in [5, 5.41) is 16.7. The van der Waals surface area contributed by atoms with Gasteiger partial charge in [0, 0.05) is 13.1 Å². The second kappa shape index (κ2) is 4.48. The summed E-state index contributed by atoms with van der Waals surface area (Å²) < 4.78 is 6.92. The number of aliphatic carboxylic acids is 1. The first-order chi connectivity index (χ1) is 8.54. The van der Waals surface area contributed by atoms with Crippen molar-refractivity contribution in [1.82, 2.24) is 15.0 Å². The molecule has 0 radical (unpaired) electrons. The Hall–Kier alpha value is -2.37. The van der Waals surface area contributed by atoms with Crippen molar-refractivity contribution < 1.29 is 14.6 Å². The lowest BCUT2D eigenvalue weighted by Crippen LogP contribution is -1.95. The van der Waals surface area contributed by atoms with Crippen molar-refractivity contribution in [3.05, 3.63) is 23.3 Å². The van der Waals surface area contributed by atoms with Crippen molar-refractivity contribution in [3.8, 4) is 5.75 Å². The van der Waals surface area contributed by atoms with Crippen molar-refractivity contribution in [2.24, 2.45) is 7.05 Å². The Labute approximate surface area is 103 Å². The fourth-order valence-electron chi connectivity index (χ4n) is 1.83. The van der Waals surface area contributed by atoms with Crippen molar-refractivity contribution in [2.75, 3.05) is 7.11 Å². The summed E-state index contributed by atoms with van der Waals surface area (Å²) in [6.45, 7) is 1.87. The molecule has 1 aromatic carbocycles. The molecule has 0 amide bonds. The molecule has 0 aliphatic carbocycles. The number of aromatic nitrogens is 3. The molecular weight excluding hydrogens is 234 g/mol. The van der Waals surface area contributed by atoms with Gasteiger partial charge in [-0.15, -0.1) is 5.10 Å². The zero-order valence-electron chi connectivity index (χ0n) is 10.3. The van der Waals surface area contributed by atoms with Crippen molar-refractivity contribution in [3.63, 3.8) is 0 Å². The lowest BCUT2D eigenvalue weighted by Gasteiger charge is -2.07. The second-order valence-corrected chi connectivity index (χ2v) is 3.87. The van der Waals surface area contributed by atoms with Gasteiger partial charge in [-0.05, 0) is 30.2 Å². The molecule has 0 saturated carbocycles. The maximum absolute atomic E-state index is 10.6. The molecule has 2 aromatic rings. The average Bonchev–Trinajstić information content (AvgIpc) is 2.71. The number of methoxy groups -OCH3 is 1. The van der Waals surface area contributed by atoms with Crippen LogP contribution in [0.15, 0.2) is 12.1 Å². The van der Waals surface area contributed by atoms with E-state index < -0.39 is 5.97 Å². The average molecular weight is 247 g/mol. The van der Waals surface area contributed by atoms with Gasteiger partial charge in [-0.1, -0.05) is 5.21 Å². The summed E-state index contributed by atoms with van der Waals surface area (Å²) >= 11 is 0. The quantitative estimate of drug-likeness (QED) is 0.829. The standard InChI is InChI=1S/C12H13N3O3/c1-7-8(4-5-10(16)17)6-9(18-3)12-11(7)13-14-15(12)2/h4-6H,1-3H3,(H,16,17). The van der Waals surface area contributed by atoms with Gasteiger partial charge in [0.05, 0.1) is 7.11 Å². The SMILES string of the molecule is COc1cc(C=CC(=O)O)c(C)c2nnn(C)c12. The third kappa shape index (κ3) is 1.92. The minimum atomic E-state index is -0.993. The van der Waals surface area contributed by atoms with E-state index in [2.05, 4.69) is 10.3 Å². The molecule has 0 saturated heterocycles. The zero-order chi connectivity index (χ0) is 13.3. The van der Waals surface area contributed by atoms with Crippen LogP contribution < -0.4 is 4.74 Å². The predicted octanol–water partition coefficient (Wildman–Crippen LogP) is 1.38. The van der Waals surface area contributed by atoms with Gasteiger partial charge < -0.3 is 9.84 Å². The van der Waals surface area contributed by atoms with Crippen LogP contribution in [0.2, 0.25) is 0 Å². The first-order valence-electron chi connectivity index (χ1n) is 5.32. The van der Waals surface area contributed by atoms with Crippen molar-refractivity contribution in [1.29, 1.82) is 0 Å². The Kier molecular flexibility index (Phi) is 3.01. The molecule has 0 fully saturated rings. The number of carboxylic acids is 1. The maximum Gasteiger partial charge on any atom is 0.328 e. The molecule has 6 nitrogen and oxygen atoms in total. The molecule has 18 heavy (non-hydrogen) atoms. The van der Waals surface area contributed by atoms with Crippen LogP contribution >= 0.6 is 0 Å². The molecule has 1 heterocycles. The predicted molar refractivity (Wildman–Crippen MR) is 66.5 cm³/mol. The van der Waals surface area contributed by atoms with Crippen LogP contribution in [-0.2, 0) is 11.8 Å². The Morgan fingerprint density at radius 1 is 1.56 bits per heavy atom. The largest absolute Gasteiger partial charge is 0.494 e. The number of carbonyl (C=O) groups is 1. The van der Waals surface area contributed by atoms with E-state index in [0.29, 0.717) is 11.3 Å². The van der Waals surface area contributed by atoms with Crippen LogP contribution in [0, 0.1) is 6.92 Å². The first kappa shape index (κ1) is 12.1. The molecular formula is C12H13N3O3. The number of fused-ring (bicyclic) bond motifs is 1. The van der Waals surface area contributed by atoms with Crippen molar-refractivity contribution >= 4 is 23.1 Å². The smallest absolute Gasteiger partial charge is 0.328 e. The molecule has 1 N–H and O–H groups in total. The van der Waals surface area contributed by atoms with Gasteiger partial charge in [-0.2, -0.15) is 0 Å². The fourth-order valence-corrected chi connectivity index (χ4v) is 1.83. The number of benzene rings is 1. The minimum Gasteiger partial charge on any atom is -0.494 e. The van der Waals surface area contributed by atoms with E-state index in [-0.39, 0.29) is 0 Å². The summed E-state index contributed by atoms with van der Waals surface area (Å²) in [4.78, 5) is 10.6. The van der Waals surface area contributed by atoms with Gasteiger partial charge >= 0.3 is 5.97 Å². The van der Waals surface area contributed by atoms with Gasteiger partial charge in [0.15, 0.2) is 0 Å². The van der Waals surface area contributed by atoms with E-state index in [1.165, 1.54) is 6.08 Å². The molecule has 0 bridgehead atoms. The van der Waals surface area contributed by atoms with Crippen LogP contribution in [0.4, 0.5) is 0 Å². The molecule has 0 spiro atoms. The molecule has 0 aliphatic heterocycles. The summed E-state index contributed by atoms with van der Waals surface area (Å²) in [6, 6.07) is 1.78. The van der Waals surface area contributed by atoms with E-state index in [4.69, 9.17) is 9.84 Å². The number of nitrogens with zero attached hydrogens (tertiary/aromatic N) is 3. The highest BCUT2D eigenvalue weighted by Crippen LogP contribution is 2.29. The van der Waals surface area contributed by atoms with Gasteiger partial charge in [-0.25, -0.2) is 9.48 Å². The molecule has 2 rings (SSSR count). The highest BCUT2D eigenvalue weighted by Gasteiger charge is 2.13. The highest BCUT2D eigenvalue weighted by atomic mass is 16.5. The summed E-state index contributed by atoms with van der Waals surface area (Å²) in [6.07, 6.45) is 2.61. The Bertz CT molecular complexity index is 644. The van der Waals surface area contributed by atoms with E-state index >= 15 is 0 Å². The second-order valence-electron chi connectivity index (χ2n) is 3.87. The molecule has 6 heteroatoms. The number of rotatable bonds is 3. The Morgan fingerprint density at radius 3 is 2.89 bits per heavy atom. The van der Waals surface area contributed by atoms with Gasteiger partial charge in [0.25, 0.3) is 0 Å². The van der Waals surface area contributed by atoms with Gasteiger partial charge in [-0.3, -0.25) is 0 Å². The van der Waals surface area contributed by atoms with Crippen LogP contribution in [0.5, 0.6) is 5.75 Å². The van der Waals surface area contributed by atoms with Crippen LogP contribution in [0.25, 0.3) is 17.1 Å². The zero-order valence-corrected chi connectivity index (χ0v) is 10.3. The fraction of sp³-hybridized carbons (Fsp3) is 0.250. The number of carboxylic acid groups (broad SMARTS) is 1. The van der Waals surface area contributed by atoms with Crippen molar-refractivity contribution in [2.45, 2.75) is 6.92 Å². The van der Waals surface area contributed by atoms with E-state index in [9.17, 15) is 4.79 Å². The van der Waals surface area contributed by atoms with E-state index in [1.807, 2.05) is 6.92 Å². The molecule has 0 aliphatic rings. The summed E-state index contributed by atoms with van der Waals surface area (Å²) in [5.74, 6) is -0.374. The lowest BCUT2D eigenvalue weighted by atomic mass is 10.1. The van der Waals surface area contributed by atoms with E-state index in [1.54, 1.807) is 24.9 Å². The Morgan fingerprint density at radius 2 is 2.28 bits per heavy atom. The minimum absolute atomic E-state index is 0.619. The van der Waals surface area contributed by atoms with Crippen LogP contribution in [-0.4, -0.2) is 33.2 Å². The molecule has 0 unspecified atom stereocenters. The first-order valence-corrected chi connectivity index (χ1v) is 5.32. The maximum atomic E-state index is 10.6. The highest BCUT2D eigenvalue weighted by molar-refractivity contribution is 5.91. The van der Waals surface area contributed by atoms with Crippen LogP contribution in [0.1, 0.15) is 11.1 Å². The normalized spacial score (nSPS) is 11.3.